The highest BCUT2D eigenvalue weighted by atomic mass is 16.3. The summed E-state index contributed by atoms with van der Waals surface area (Å²) in [5.41, 5.74) is 0. The van der Waals surface area contributed by atoms with Crippen molar-refractivity contribution in [2.45, 2.75) is 136 Å². The van der Waals surface area contributed by atoms with Crippen LogP contribution in [0.4, 0.5) is 0 Å². The standard InChI is InChI=1S/C24H49NO2/c1-4-23(19-17-21-26)25-24(27)20-16-14-12-10-8-6-5-7-9-11-13-15-18-22(2)3/h22-23,26H,4-21H2,1-3H3,(H,25,27). The van der Waals surface area contributed by atoms with Crippen LogP contribution in [0.1, 0.15) is 130 Å². The van der Waals surface area contributed by atoms with E-state index in [2.05, 4.69) is 26.1 Å². The fourth-order valence-electron chi connectivity index (χ4n) is 3.62. The number of amides is 1. The quantitative estimate of drug-likeness (QED) is 0.228. The lowest BCUT2D eigenvalue weighted by Crippen LogP contribution is -2.34. The van der Waals surface area contributed by atoms with Gasteiger partial charge in [0, 0.05) is 19.1 Å². The summed E-state index contributed by atoms with van der Waals surface area (Å²) in [4.78, 5) is 11.9. The van der Waals surface area contributed by atoms with Crippen molar-refractivity contribution in [1.82, 2.24) is 5.32 Å². The van der Waals surface area contributed by atoms with Crippen molar-refractivity contribution in [2.24, 2.45) is 5.92 Å². The van der Waals surface area contributed by atoms with E-state index in [0.717, 1.165) is 31.6 Å². The minimum absolute atomic E-state index is 0.188. The van der Waals surface area contributed by atoms with Gasteiger partial charge in [0.1, 0.15) is 0 Å². The maximum absolute atomic E-state index is 11.9. The molecule has 162 valence electrons. The topological polar surface area (TPSA) is 49.3 Å². The number of aliphatic hydroxyl groups excluding tert-OH is 1. The van der Waals surface area contributed by atoms with E-state index in [-0.39, 0.29) is 18.6 Å². The average molecular weight is 384 g/mol. The monoisotopic (exact) mass is 383 g/mol. The van der Waals surface area contributed by atoms with Gasteiger partial charge in [0.15, 0.2) is 0 Å². The van der Waals surface area contributed by atoms with E-state index in [0.29, 0.717) is 6.42 Å². The maximum Gasteiger partial charge on any atom is 0.220 e. The second-order valence-corrected chi connectivity index (χ2v) is 8.71. The first-order valence-corrected chi connectivity index (χ1v) is 12.0. The molecule has 1 atom stereocenters. The van der Waals surface area contributed by atoms with Crippen LogP contribution >= 0.6 is 0 Å². The molecule has 0 aromatic carbocycles. The Kier molecular flexibility index (Phi) is 19.7. The zero-order chi connectivity index (χ0) is 20.2. The summed E-state index contributed by atoms with van der Waals surface area (Å²) in [5, 5.41) is 12.0. The Bertz CT molecular complexity index is 318. The lowest BCUT2D eigenvalue weighted by atomic mass is 10.0. The Morgan fingerprint density at radius 1 is 0.741 bits per heavy atom. The summed E-state index contributed by atoms with van der Waals surface area (Å²) in [5.74, 6) is 1.05. The maximum atomic E-state index is 11.9. The van der Waals surface area contributed by atoms with Crippen LogP contribution < -0.4 is 5.32 Å². The van der Waals surface area contributed by atoms with Gasteiger partial charge < -0.3 is 10.4 Å². The van der Waals surface area contributed by atoms with Crippen molar-refractivity contribution >= 4 is 5.91 Å². The molecule has 0 aliphatic heterocycles. The summed E-state index contributed by atoms with van der Waals surface area (Å²) >= 11 is 0. The van der Waals surface area contributed by atoms with Gasteiger partial charge in [0.05, 0.1) is 0 Å². The Morgan fingerprint density at radius 2 is 1.22 bits per heavy atom. The van der Waals surface area contributed by atoms with Gasteiger partial charge in [0.2, 0.25) is 5.91 Å². The fraction of sp³-hybridized carbons (Fsp3) is 0.958. The molecule has 3 heteroatoms. The van der Waals surface area contributed by atoms with E-state index >= 15 is 0 Å². The van der Waals surface area contributed by atoms with Crippen LogP contribution in [0, 0.1) is 5.92 Å². The summed E-state index contributed by atoms with van der Waals surface area (Å²) < 4.78 is 0. The molecule has 0 saturated carbocycles. The van der Waals surface area contributed by atoms with E-state index in [1.54, 1.807) is 0 Å². The van der Waals surface area contributed by atoms with Crippen LogP contribution in [0.2, 0.25) is 0 Å². The van der Waals surface area contributed by atoms with Crippen molar-refractivity contribution < 1.29 is 9.90 Å². The smallest absolute Gasteiger partial charge is 0.220 e. The molecule has 0 rings (SSSR count). The Morgan fingerprint density at radius 3 is 1.67 bits per heavy atom. The molecule has 0 saturated heterocycles. The van der Waals surface area contributed by atoms with Crippen molar-refractivity contribution in [2.75, 3.05) is 6.61 Å². The van der Waals surface area contributed by atoms with Gasteiger partial charge in [-0.05, 0) is 31.6 Å². The number of unbranched alkanes of at least 4 members (excludes halogenated alkanes) is 11. The molecule has 0 aromatic rings. The van der Waals surface area contributed by atoms with Gasteiger partial charge in [-0.3, -0.25) is 4.79 Å². The minimum atomic E-state index is 0.188. The van der Waals surface area contributed by atoms with Crippen LogP contribution in [0.15, 0.2) is 0 Å². The predicted octanol–water partition coefficient (Wildman–Crippen LogP) is 6.77. The summed E-state index contributed by atoms with van der Waals surface area (Å²) in [6, 6.07) is 0.236. The van der Waals surface area contributed by atoms with Crippen molar-refractivity contribution in [3.8, 4) is 0 Å². The summed E-state index contributed by atoms with van der Waals surface area (Å²) in [6.07, 6.45) is 20.7. The summed E-state index contributed by atoms with van der Waals surface area (Å²) in [7, 11) is 0. The van der Waals surface area contributed by atoms with Crippen molar-refractivity contribution in [1.29, 1.82) is 0 Å². The largest absolute Gasteiger partial charge is 0.396 e. The first-order chi connectivity index (χ1) is 13.1. The molecule has 3 nitrogen and oxygen atoms in total. The van der Waals surface area contributed by atoms with Gasteiger partial charge in [-0.25, -0.2) is 0 Å². The third-order valence-corrected chi connectivity index (χ3v) is 5.50. The highest BCUT2D eigenvalue weighted by Gasteiger charge is 2.09. The van der Waals surface area contributed by atoms with Crippen molar-refractivity contribution in [3.05, 3.63) is 0 Å². The average Bonchev–Trinajstić information content (AvgIpc) is 2.65. The first kappa shape index (κ1) is 26.4. The first-order valence-electron chi connectivity index (χ1n) is 12.0. The van der Waals surface area contributed by atoms with Crippen LogP contribution in [-0.2, 0) is 4.79 Å². The molecule has 0 aromatic heterocycles. The van der Waals surface area contributed by atoms with E-state index in [9.17, 15) is 4.79 Å². The molecule has 0 radical (unpaired) electrons. The molecule has 2 N–H and O–H groups in total. The van der Waals surface area contributed by atoms with E-state index in [1.165, 1.54) is 77.0 Å². The number of hydrogen-bond donors (Lipinski definition) is 2. The third-order valence-electron chi connectivity index (χ3n) is 5.50. The number of nitrogens with one attached hydrogen (secondary N) is 1. The number of hydrogen-bond acceptors (Lipinski definition) is 2. The number of aliphatic hydroxyl groups is 1. The fourth-order valence-corrected chi connectivity index (χ4v) is 3.62. The highest BCUT2D eigenvalue weighted by Crippen LogP contribution is 2.14. The Hall–Kier alpha value is -0.570. The van der Waals surface area contributed by atoms with Crippen LogP contribution in [0.3, 0.4) is 0 Å². The van der Waals surface area contributed by atoms with E-state index in [1.807, 2.05) is 0 Å². The predicted molar refractivity (Wildman–Crippen MR) is 118 cm³/mol. The van der Waals surface area contributed by atoms with Gasteiger partial charge in [-0.2, -0.15) is 0 Å². The molecule has 0 spiro atoms. The van der Waals surface area contributed by atoms with E-state index < -0.39 is 0 Å². The molecule has 1 amide bonds. The van der Waals surface area contributed by atoms with Gasteiger partial charge in [0.25, 0.3) is 0 Å². The highest BCUT2D eigenvalue weighted by molar-refractivity contribution is 5.76. The second kappa shape index (κ2) is 20.2. The number of rotatable bonds is 20. The van der Waals surface area contributed by atoms with Gasteiger partial charge in [-0.15, -0.1) is 0 Å². The molecule has 0 fully saturated rings. The zero-order valence-electron chi connectivity index (χ0n) is 18.7. The number of carbonyl (C=O) groups excluding carboxylic acids is 1. The summed E-state index contributed by atoms with van der Waals surface area (Å²) in [6.45, 7) is 6.94. The minimum Gasteiger partial charge on any atom is -0.396 e. The molecule has 0 bridgehead atoms. The lowest BCUT2D eigenvalue weighted by molar-refractivity contribution is -0.122. The van der Waals surface area contributed by atoms with Crippen LogP contribution in [-0.4, -0.2) is 23.7 Å². The Balaban J connectivity index is 3.29. The third kappa shape index (κ3) is 20.0. The van der Waals surface area contributed by atoms with Crippen LogP contribution in [0.25, 0.3) is 0 Å². The van der Waals surface area contributed by atoms with E-state index in [4.69, 9.17) is 5.11 Å². The SMILES string of the molecule is CCC(CCCO)NC(=O)CCCCCCCCCCCCCCC(C)C. The number of carbonyl (C=O) groups is 1. The van der Waals surface area contributed by atoms with Gasteiger partial charge >= 0.3 is 0 Å². The molecular weight excluding hydrogens is 334 g/mol. The molecule has 0 aliphatic carbocycles. The van der Waals surface area contributed by atoms with Crippen LogP contribution in [0.5, 0.6) is 0 Å². The molecule has 1 unspecified atom stereocenters. The second-order valence-electron chi connectivity index (χ2n) is 8.71. The zero-order valence-corrected chi connectivity index (χ0v) is 18.7. The van der Waals surface area contributed by atoms with Crippen molar-refractivity contribution in [3.63, 3.8) is 0 Å². The Labute approximate surface area is 170 Å². The molecule has 0 heterocycles. The molecule has 0 aliphatic rings. The molecule has 27 heavy (non-hydrogen) atoms. The normalized spacial score (nSPS) is 12.5. The van der Waals surface area contributed by atoms with Gasteiger partial charge in [-0.1, -0.05) is 97.8 Å². The lowest BCUT2D eigenvalue weighted by Gasteiger charge is -2.16. The molecular formula is C24H49NO2.